The molecular formula is C13H19ClN2. The number of alkyl halides is 1. The first-order valence-electron chi connectivity index (χ1n) is 6.26. The van der Waals surface area contributed by atoms with Crippen LogP contribution in [0.5, 0.6) is 0 Å². The second-order valence-corrected chi connectivity index (χ2v) is 6.00. The SMILES string of the molecule is Cn1ccc(CC2(CCl)CC3CCC2C3)n1. The van der Waals surface area contributed by atoms with Gasteiger partial charge in [0.2, 0.25) is 0 Å². The number of aromatic nitrogens is 2. The normalized spacial score (nSPS) is 37.1. The van der Waals surface area contributed by atoms with Crippen molar-refractivity contribution in [1.29, 1.82) is 0 Å². The summed E-state index contributed by atoms with van der Waals surface area (Å²) >= 11 is 6.28. The van der Waals surface area contributed by atoms with Crippen LogP contribution in [0.4, 0.5) is 0 Å². The van der Waals surface area contributed by atoms with Gasteiger partial charge in [0, 0.05) is 19.1 Å². The van der Waals surface area contributed by atoms with Crippen LogP contribution in [-0.2, 0) is 13.5 Å². The molecular weight excluding hydrogens is 220 g/mol. The van der Waals surface area contributed by atoms with Crippen LogP contribution in [0.2, 0.25) is 0 Å². The first kappa shape index (κ1) is 10.6. The summed E-state index contributed by atoms with van der Waals surface area (Å²) in [6.07, 6.45) is 8.69. The van der Waals surface area contributed by atoms with Gasteiger partial charge in [-0.1, -0.05) is 6.42 Å². The van der Waals surface area contributed by atoms with Gasteiger partial charge < -0.3 is 0 Å². The largest absolute Gasteiger partial charge is 0.276 e. The summed E-state index contributed by atoms with van der Waals surface area (Å²) in [5.41, 5.74) is 1.58. The first-order chi connectivity index (χ1) is 7.72. The van der Waals surface area contributed by atoms with Gasteiger partial charge in [0.1, 0.15) is 0 Å². The van der Waals surface area contributed by atoms with E-state index < -0.39 is 0 Å². The number of hydrogen-bond donors (Lipinski definition) is 0. The topological polar surface area (TPSA) is 17.8 Å². The van der Waals surface area contributed by atoms with E-state index in [4.69, 9.17) is 11.6 Å². The van der Waals surface area contributed by atoms with Crippen molar-refractivity contribution in [2.45, 2.75) is 32.1 Å². The van der Waals surface area contributed by atoms with Gasteiger partial charge in [0.05, 0.1) is 5.69 Å². The third-order valence-corrected chi connectivity index (χ3v) is 5.20. The molecule has 1 aromatic rings. The number of hydrogen-bond acceptors (Lipinski definition) is 1. The maximum absolute atomic E-state index is 6.28. The van der Waals surface area contributed by atoms with Crippen LogP contribution in [0.25, 0.3) is 0 Å². The van der Waals surface area contributed by atoms with E-state index >= 15 is 0 Å². The maximum atomic E-state index is 6.28. The Labute approximate surface area is 102 Å². The van der Waals surface area contributed by atoms with E-state index in [1.165, 1.54) is 31.4 Å². The lowest BCUT2D eigenvalue weighted by molar-refractivity contribution is 0.191. The van der Waals surface area contributed by atoms with Crippen LogP contribution in [-0.4, -0.2) is 15.7 Å². The van der Waals surface area contributed by atoms with Crippen molar-refractivity contribution in [2.24, 2.45) is 24.3 Å². The molecule has 0 saturated heterocycles. The van der Waals surface area contributed by atoms with Gasteiger partial charge in [0.25, 0.3) is 0 Å². The molecule has 0 N–H and O–H groups in total. The molecule has 3 atom stereocenters. The van der Waals surface area contributed by atoms with Gasteiger partial charge in [-0.3, -0.25) is 4.68 Å². The van der Waals surface area contributed by atoms with Gasteiger partial charge in [-0.25, -0.2) is 0 Å². The van der Waals surface area contributed by atoms with Crippen molar-refractivity contribution >= 4 is 11.6 Å². The molecule has 2 aliphatic rings. The fourth-order valence-electron chi connectivity index (χ4n) is 3.90. The Morgan fingerprint density at radius 2 is 2.44 bits per heavy atom. The van der Waals surface area contributed by atoms with Gasteiger partial charge in [-0.15, -0.1) is 11.6 Å². The van der Waals surface area contributed by atoms with E-state index in [9.17, 15) is 0 Å². The highest BCUT2D eigenvalue weighted by Gasteiger charge is 2.50. The van der Waals surface area contributed by atoms with E-state index in [0.717, 1.165) is 24.1 Å². The highest BCUT2D eigenvalue weighted by molar-refractivity contribution is 6.18. The lowest BCUT2D eigenvalue weighted by Gasteiger charge is -2.35. The third kappa shape index (κ3) is 1.58. The summed E-state index contributed by atoms with van der Waals surface area (Å²) in [7, 11) is 1.98. The molecule has 2 bridgehead atoms. The smallest absolute Gasteiger partial charge is 0.0630 e. The minimum Gasteiger partial charge on any atom is -0.276 e. The Morgan fingerprint density at radius 1 is 1.56 bits per heavy atom. The van der Waals surface area contributed by atoms with Crippen molar-refractivity contribution in [1.82, 2.24) is 9.78 Å². The van der Waals surface area contributed by atoms with Crippen molar-refractivity contribution in [3.63, 3.8) is 0 Å². The summed E-state index contributed by atoms with van der Waals surface area (Å²) < 4.78 is 1.89. The highest BCUT2D eigenvalue weighted by atomic mass is 35.5. The molecule has 0 amide bonds. The van der Waals surface area contributed by atoms with Crippen LogP contribution >= 0.6 is 11.6 Å². The van der Waals surface area contributed by atoms with Crippen LogP contribution in [0.3, 0.4) is 0 Å². The minimum atomic E-state index is 0.360. The number of rotatable bonds is 3. The summed E-state index contributed by atoms with van der Waals surface area (Å²) in [6, 6.07) is 2.14. The van der Waals surface area contributed by atoms with Gasteiger partial charge in [-0.2, -0.15) is 5.10 Å². The number of aryl methyl sites for hydroxylation is 1. The maximum Gasteiger partial charge on any atom is 0.0630 e. The molecule has 3 heteroatoms. The molecule has 2 aliphatic carbocycles. The number of halogens is 1. The zero-order valence-electron chi connectivity index (χ0n) is 9.82. The molecule has 88 valence electrons. The second-order valence-electron chi connectivity index (χ2n) is 5.73. The molecule has 2 nitrogen and oxygen atoms in total. The average molecular weight is 239 g/mol. The zero-order chi connectivity index (χ0) is 11.2. The molecule has 16 heavy (non-hydrogen) atoms. The monoisotopic (exact) mass is 238 g/mol. The highest BCUT2D eigenvalue weighted by Crippen LogP contribution is 2.57. The lowest BCUT2D eigenvalue weighted by Crippen LogP contribution is -2.32. The minimum absolute atomic E-state index is 0.360. The molecule has 0 aliphatic heterocycles. The Morgan fingerprint density at radius 3 is 2.94 bits per heavy atom. The lowest BCUT2D eigenvalue weighted by atomic mass is 9.71. The quantitative estimate of drug-likeness (QED) is 0.741. The van der Waals surface area contributed by atoms with Crippen LogP contribution in [0.15, 0.2) is 12.3 Å². The second kappa shape index (κ2) is 3.76. The average Bonchev–Trinajstić information content (AvgIpc) is 2.94. The molecule has 2 fully saturated rings. The van der Waals surface area contributed by atoms with E-state index in [1.54, 1.807) is 0 Å². The molecule has 1 aromatic heterocycles. The summed E-state index contributed by atoms with van der Waals surface area (Å²) in [5, 5.41) is 4.51. The summed E-state index contributed by atoms with van der Waals surface area (Å²) in [4.78, 5) is 0. The molecule has 2 saturated carbocycles. The zero-order valence-corrected chi connectivity index (χ0v) is 10.6. The Balaban J connectivity index is 1.81. The first-order valence-corrected chi connectivity index (χ1v) is 6.80. The predicted molar refractivity (Wildman–Crippen MR) is 65.5 cm³/mol. The fourth-order valence-corrected chi connectivity index (χ4v) is 4.33. The van der Waals surface area contributed by atoms with Crippen molar-refractivity contribution in [3.05, 3.63) is 18.0 Å². The summed E-state index contributed by atoms with van der Waals surface area (Å²) in [6.45, 7) is 0. The van der Waals surface area contributed by atoms with E-state index in [-0.39, 0.29) is 0 Å². The molecule has 3 rings (SSSR count). The Bertz CT molecular complexity index is 387. The van der Waals surface area contributed by atoms with Crippen LogP contribution in [0.1, 0.15) is 31.4 Å². The standard InChI is InChI=1S/C13H19ClN2/c1-16-5-4-12(15-16)8-13(9-14)7-10-2-3-11(13)6-10/h4-5,10-11H,2-3,6-9H2,1H3. The predicted octanol–water partition coefficient (Wildman–Crippen LogP) is 3.01. The number of nitrogens with zero attached hydrogens (tertiary/aromatic N) is 2. The van der Waals surface area contributed by atoms with Gasteiger partial charge in [-0.05, 0) is 49.0 Å². The Kier molecular flexibility index (Phi) is 2.50. The van der Waals surface area contributed by atoms with Crippen molar-refractivity contribution in [2.75, 3.05) is 5.88 Å². The van der Waals surface area contributed by atoms with Crippen LogP contribution in [0, 0.1) is 17.3 Å². The fraction of sp³-hybridized carbons (Fsp3) is 0.769. The molecule has 0 radical (unpaired) electrons. The molecule has 3 unspecified atom stereocenters. The third-order valence-electron chi connectivity index (χ3n) is 4.67. The van der Waals surface area contributed by atoms with E-state index in [2.05, 4.69) is 11.2 Å². The van der Waals surface area contributed by atoms with Gasteiger partial charge in [0.15, 0.2) is 0 Å². The molecule has 0 spiro atoms. The van der Waals surface area contributed by atoms with Crippen molar-refractivity contribution in [3.8, 4) is 0 Å². The molecule has 0 aromatic carbocycles. The van der Waals surface area contributed by atoms with E-state index in [0.29, 0.717) is 5.41 Å². The van der Waals surface area contributed by atoms with E-state index in [1.807, 2.05) is 17.9 Å². The van der Waals surface area contributed by atoms with Crippen LogP contribution < -0.4 is 0 Å². The molecule has 1 heterocycles. The Hall–Kier alpha value is -0.500. The van der Waals surface area contributed by atoms with Gasteiger partial charge >= 0.3 is 0 Å². The van der Waals surface area contributed by atoms with Crippen molar-refractivity contribution < 1.29 is 0 Å². The number of fused-ring (bicyclic) bond motifs is 2. The summed E-state index contributed by atoms with van der Waals surface area (Å²) in [5.74, 6) is 2.62.